The van der Waals surface area contributed by atoms with Crippen molar-refractivity contribution in [1.29, 1.82) is 0 Å². The summed E-state index contributed by atoms with van der Waals surface area (Å²) in [6.07, 6.45) is 5.57. The van der Waals surface area contributed by atoms with Gasteiger partial charge in [0.2, 0.25) is 10.0 Å². The predicted octanol–water partition coefficient (Wildman–Crippen LogP) is 4.96. The van der Waals surface area contributed by atoms with Gasteiger partial charge in [0, 0.05) is 17.6 Å². The lowest BCUT2D eigenvalue weighted by atomic mass is 9.86. The van der Waals surface area contributed by atoms with Gasteiger partial charge < -0.3 is 0 Å². The highest BCUT2D eigenvalue weighted by Crippen LogP contribution is 2.39. The van der Waals surface area contributed by atoms with Gasteiger partial charge in [-0.2, -0.15) is 4.31 Å². The summed E-state index contributed by atoms with van der Waals surface area (Å²) in [6.45, 7) is 0.663. The largest absolute Gasteiger partial charge is 0.243 e. The van der Waals surface area contributed by atoms with Crippen molar-refractivity contribution in [2.24, 2.45) is 5.92 Å². The number of fused-ring (bicyclic) bond motifs is 1. The van der Waals surface area contributed by atoms with Gasteiger partial charge >= 0.3 is 0 Å². The standard InChI is InChI=1S/C20H22ClNO2S/c21-18-9-5-15(6-10-18)16-7-11-19(12-8-16)25(23,24)22-14-13-17-3-1-2-4-20(17)22/h5-12,17,20H,1-4,13-14H2. The summed E-state index contributed by atoms with van der Waals surface area (Å²) in [5, 5.41) is 0.694. The Bertz CT molecular complexity index is 846. The van der Waals surface area contributed by atoms with Gasteiger partial charge in [-0.1, -0.05) is 48.7 Å². The topological polar surface area (TPSA) is 37.4 Å². The molecule has 1 heterocycles. The number of hydrogen-bond donors (Lipinski definition) is 0. The molecule has 2 unspecified atom stereocenters. The van der Waals surface area contributed by atoms with Crippen LogP contribution in [0.15, 0.2) is 53.4 Å². The van der Waals surface area contributed by atoms with Gasteiger partial charge in [0.1, 0.15) is 0 Å². The summed E-state index contributed by atoms with van der Waals surface area (Å²) in [5.41, 5.74) is 2.02. The van der Waals surface area contributed by atoms with Crippen LogP contribution in [0.3, 0.4) is 0 Å². The minimum Gasteiger partial charge on any atom is -0.207 e. The monoisotopic (exact) mass is 375 g/mol. The molecule has 0 N–H and O–H groups in total. The zero-order valence-electron chi connectivity index (χ0n) is 14.1. The Morgan fingerprint density at radius 3 is 2.12 bits per heavy atom. The van der Waals surface area contributed by atoms with Crippen molar-refractivity contribution in [3.63, 3.8) is 0 Å². The predicted molar refractivity (Wildman–Crippen MR) is 101 cm³/mol. The first-order valence-electron chi connectivity index (χ1n) is 8.93. The van der Waals surface area contributed by atoms with Gasteiger partial charge in [-0.15, -0.1) is 0 Å². The molecule has 0 spiro atoms. The van der Waals surface area contributed by atoms with Gasteiger partial charge in [0.25, 0.3) is 0 Å². The van der Waals surface area contributed by atoms with Crippen LogP contribution in [0, 0.1) is 5.92 Å². The van der Waals surface area contributed by atoms with E-state index in [2.05, 4.69) is 0 Å². The van der Waals surface area contributed by atoms with Gasteiger partial charge in [-0.25, -0.2) is 8.42 Å². The fourth-order valence-electron chi connectivity index (χ4n) is 4.26. The molecule has 3 nitrogen and oxygen atoms in total. The Balaban J connectivity index is 1.59. The van der Waals surface area contributed by atoms with Crippen molar-refractivity contribution in [2.45, 2.75) is 43.0 Å². The quantitative estimate of drug-likeness (QED) is 0.760. The van der Waals surface area contributed by atoms with Gasteiger partial charge in [0.15, 0.2) is 0 Å². The van der Waals surface area contributed by atoms with Gasteiger partial charge in [0.05, 0.1) is 4.90 Å². The van der Waals surface area contributed by atoms with Crippen LogP contribution in [0.25, 0.3) is 11.1 Å². The minimum atomic E-state index is -3.40. The molecule has 25 heavy (non-hydrogen) atoms. The molecule has 132 valence electrons. The lowest BCUT2D eigenvalue weighted by Crippen LogP contribution is -2.39. The first kappa shape index (κ1) is 17.1. The SMILES string of the molecule is O=S(=O)(c1ccc(-c2ccc(Cl)cc2)cc1)N1CCC2CCCCC21. The number of nitrogens with zero attached hydrogens (tertiary/aromatic N) is 1. The highest BCUT2D eigenvalue weighted by molar-refractivity contribution is 7.89. The maximum atomic E-state index is 13.1. The van der Waals surface area contributed by atoms with Crippen molar-refractivity contribution in [1.82, 2.24) is 4.31 Å². The molecule has 2 fully saturated rings. The molecule has 0 bridgehead atoms. The summed E-state index contributed by atoms with van der Waals surface area (Å²) >= 11 is 5.93. The van der Waals surface area contributed by atoms with E-state index in [-0.39, 0.29) is 6.04 Å². The maximum absolute atomic E-state index is 13.1. The third-order valence-corrected chi connectivity index (χ3v) is 7.79. The molecule has 1 saturated carbocycles. The van der Waals surface area contributed by atoms with E-state index in [9.17, 15) is 8.42 Å². The number of sulfonamides is 1. The molecule has 0 aromatic heterocycles. The molecule has 4 rings (SSSR count). The molecule has 0 amide bonds. The Labute approximate surface area is 154 Å². The van der Waals surface area contributed by atoms with Crippen LogP contribution >= 0.6 is 11.6 Å². The second-order valence-corrected chi connectivity index (χ2v) is 9.37. The van der Waals surface area contributed by atoms with E-state index in [4.69, 9.17) is 11.6 Å². The maximum Gasteiger partial charge on any atom is 0.243 e. The van der Waals surface area contributed by atoms with Crippen LogP contribution < -0.4 is 0 Å². The first-order valence-corrected chi connectivity index (χ1v) is 10.8. The van der Waals surface area contributed by atoms with E-state index >= 15 is 0 Å². The fourth-order valence-corrected chi connectivity index (χ4v) is 6.11. The van der Waals surface area contributed by atoms with Crippen LogP contribution in [-0.4, -0.2) is 25.3 Å². The molecule has 2 atom stereocenters. The van der Waals surface area contributed by atoms with Crippen molar-refractivity contribution >= 4 is 21.6 Å². The molecule has 2 aromatic carbocycles. The lowest BCUT2D eigenvalue weighted by Gasteiger charge is -2.31. The second-order valence-electron chi connectivity index (χ2n) is 7.05. The average Bonchev–Trinajstić information content (AvgIpc) is 3.07. The van der Waals surface area contributed by atoms with Crippen LogP contribution in [0.1, 0.15) is 32.1 Å². The molecule has 1 aliphatic heterocycles. The summed E-state index contributed by atoms with van der Waals surface area (Å²) in [5.74, 6) is 0.553. The second kappa shape index (κ2) is 6.75. The summed E-state index contributed by atoms with van der Waals surface area (Å²) < 4.78 is 27.9. The van der Waals surface area contributed by atoms with Crippen LogP contribution in [0.4, 0.5) is 0 Å². The van der Waals surface area contributed by atoms with Crippen LogP contribution in [0.5, 0.6) is 0 Å². The van der Waals surface area contributed by atoms with Crippen LogP contribution in [0.2, 0.25) is 5.02 Å². The van der Waals surface area contributed by atoms with Gasteiger partial charge in [-0.05, 0) is 60.6 Å². The lowest BCUT2D eigenvalue weighted by molar-refractivity contribution is 0.260. The summed E-state index contributed by atoms with van der Waals surface area (Å²) in [6, 6.07) is 15.0. The van der Waals surface area contributed by atoms with Crippen molar-refractivity contribution < 1.29 is 8.42 Å². The first-order chi connectivity index (χ1) is 12.1. The third kappa shape index (κ3) is 3.23. The molecule has 2 aliphatic rings. The fraction of sp³-hybridized carbons (Fsp3) is 0.400. The molecule has 5 heteroatoms. The Hall–Kier alpha value is -1.36. The number of hydrogen-bond acceptors (Lipinski definition) is 2. The molecule has 2 aromatic rings. The van der Waals surface area contributed by atoms with E-state index in [1.165, 1.54) is 12.8 Å². The highest BCUT2D eigenvalue weighted by atomic mass is 35.5. The molecule has 0 radical (unpaired) electrons. The molecular weight excluding hydrogens is 354 g/mol. The normalized spacial score (nSPS) is 24.2. The summed E-state index contributed by atoms with van der Waals surface area (Å²) in [7, 11) is -3.40. The van der Waals surface area contributed by atoms with Crippen LogP contribution in [-0.2, 0) is 10.0 Å². The summed E-state index contributed by atoms with van der Waals surface area (Å²) in [4.78, 5) is 0.399. The van der Waals surface area contributed by atoms with E-state index in [1.807, 2.05) is 36.4 Å². The van der Waals surface area contributed by atoms with E-state index in [0.717, 1.165) is 30.4 Å². The Morgan fingerprint density at radius 2 is 1.44 bits per heavy atom. The van der Waals surface area contributed by atoms with E-state index in [0.29, 0.717) is 22.4 Å². The Morgan fingerprint density at radius 1 is 0.840 bits per heavy atom. The van der Waals surface area contributed by atoms with Crippen molar-refractivity contribution in [3.05, 3.63) is 53.6 Å². The van der Waals surface area contributed by atoms with E-state index < -0.39 is 10.0 Å². The smallest absolute Gasteiger partial charge is 0.207 e. The number of benzene rings is 2. The third-order valence-electron chi connectivity index (χ3n) is 5.60. The number of rotatable bonds is 3. The van der Waals surface area contributed by atoms with Crippen molar-refractivity contribution in [2.75, 3.05) is 6.54 Å². The molecular formula is C20H22ClNO2S. The molecule has 1 aliphatic carbocycles. The number of halogens is 1. The van der Waals surface area contributed by atoms with E-state index in [1.54, 1.807) is 16.4 Å². The van der Waals surface area contributed by atoms with Gasteiger partial charge in [-0.3, -0.25) is 0 Å². The average molecular weight is 376 g/mol. The highest BCUT2D eigenvalue weighted by Gasteiger charge is 2.42. The molecule has 1 saturated heterocycles. The minimum absolute atomic E-state index is 0.203. The Kier molecular flexibility index (Phi) is 4.61. The van der Waals surface area contributed by atoms with Crippen molar-refractivity contribution in [3.8, 4) is 11.1 Å². The zero-order chi connectivity index (χ0) is 17.4. The zero-order valence-corrected chi connectivity index (χ0v) is 15.6.